The number of rotatable bonds is 4. The number of amides is 2. The van der Waals surface area contributed by atoms with Gasteiger partial charge in [-0.15, -0.1) is 0 Å². The first-order chi connectivity index (χ1) is 12.6. The van der Waals surface area contributed by atoms with Crippen molar-refractivity contribution in [3.8, 4) is 0 Å². The lowest BCUT2D eigenvalue weighted by Gasteiger charge is -2.20. The molecule has 2 heterocycles. The zero-order valence-corrected chi connectivity index (χ0v) is 14.9. The zero-order chi connectivity index (χ0) is 18.3. The lowest BCUT2D eigenvalue weighted by molar-refractivity contribution is -0.123. The van der Waals surface area contributed by atoms with Crippen LogP contribution in [-0.2, 0) is 22.6 Å². The minimum absolute atomic E-state index is 0.308. The number of aryl methyl sites for hydroxylation is 1. The number of imide groups is 1. The van der Waals surface area contributed by atoms with Gasteiger partial charge in [0.05, 0.1) is 12.2 Å². The van der Waals surface area contributed by atoms with Crippen LogP contribution in [0.4, 0.5) is 5.69 Å². The Bertz CT molecular complexity index is 879. The van der Waals surface area contributed by atoms with E-state index in [4.69, 9.17) is 11.6 Å². The molecule has 0 saturated carbocycles. The Morgan fingerprint density at radius 3 is 2.27 bits per heavy atom. The van der Waals surface area contributed by atoms with Crippen molar-refractivity contribution in [3.05, 3.63) is 64.7 Å². The zero-order valence-electron chi connectivity index (χ0n) is 14.2. The minimum atomic E-state index is -0.784. The highest BCUT2D eigenvalue weighted by atomic mass is 35.5. The fraction of sp³-hybridized carbons (Fsp3) is 0.263. The fourth-order valence-electron chi connectivity index (χ4n) is 3.27. The van der Waals surface area contributed by atoms with E-state index in [0.29, 0.717) is 17.3 Å². The molecule has 0 spiro atoms. The molecule has 132 valence electrons. The number of anilines is 1. The first-order valence-corrected chi connectivity index (χ1v) is 8.85. The summed E-state index contributed by atoms with van der Waals surface area (Å²) in [7, 11) is 0. The molecule has 2 aromatic rings. The minimum Gasteiger partial charge on any atom is -0.271 e. The van der Waals surface area contributed by atoms with Crippen LogP contribution in [0.15, 0.2) is 58.9 Å². The Balaban J connectivity index is 1.56. The van der Waals surface area contributed by atoms with Crippen LogP contribution in [0.25, 0.3) is 0 Å². The second kappa shape index (κ2) is 6.53. The maximum atomic E-state index is 12.9. The second-order valence-electron chi connectivity index (χ2n) is 6.35. The molecular weight excluding hydrogens is 352 g/mol. The van der Waals surface area contributed by atoms with Crippen LogP contribution in [0.2, 0.25) is 5.02 Å². The lowest BCUT2D eigenvalue weighted by atomic mass is 10.1. The van der Waals surface area contributed by atoms with Crippen molar-refractivity contribution in [2.24, 2.45) is 10.3 Å². The third-order valence-corrected chi connectivity index (χ3v) is 4.97. The number of hydrogen-bond acceptors (Lipinski definition) is 5. The second-order valence-corrected chi connectivity index (χ2v) is 6.79. The van der Waals surface area contributed by atoms with Gasteiger partial charge in [0.25, 0.3) is 11.8 Å². The molecular formula is C19H17ClN4O2. The molecule has 4 rings (SSSR count). The van der Waals surface area contributed by atoms with E-state index in [1.54, 1.807) is 29.3 Å². The van der Waals surface area contributed by atoms with Gasteiger partial charge in [-0.05, 0) is 41.8 Å². The van der Waals surface area contributed by atoms with Crippen LogP contribution < -0.4 is 4.90 Å². The summed E-state index contributed by atoms with van der Waals surface area (Å²) in [6, 6.07) is 13.3. The number of carbonyl (C=O) groups excluding carboxylic acids is 2. The Morgan fingerprint density at radius 1 is 0.962 bits per heavy atom. The van der Waals surface area contributed by atoms with E-state index in [1.165, 1.54) is 10.5 Å². The van der Waals surface area contributed by atoms with E-state index in [2.05, 4.69) is 29.4 Å². The van der Waals surface area contributed by atoms with Crippen LogP contribution in [0, 0.1) is 0 Å². The highest BCUT2D eigenvalue weighted by molar-refractivity contribution is 6.31. The van der Waals surface area contributed by atoms with Gasteiger partial charge in [0.2, 0.25) is 0 Å². The predicted molar refractivity (Wildman–Crippen MR) is 97.7 cm³/mol. The van der Waals surface area contributed by atoms with Crippen molar-refractivity contribution < 1.29 is 9.59 Å². The number of nitrogens with zero attached hydrogens (tertiary/aromatic N) is 4. The average molecular weight is 369 g/mol. The maximum Gasteiger partial charge on any atom is 0.263 e. The predicted octanol–water partition coefficient (Wildman–Crippen LogP) is 3.40. The molecule has 0 unspecified atom stereocenters. The van der Waals surface area contributed by atoms with Gasteiger partial charge in [-0.25, -0.2) is 4.90 Å². The molecule has 0 N–H and O–H groups in total. The number of carbonyl (C=O) groups is 2. The quantitative estimate of drug-likeness (QED) is 0.777. The first kappa shape index (κ1) is 16.7. The summed E-state index contributed by atoms with van der Waals surface area (Å²) in [6.07, 6.45) is 0.970. The molecule has 6 nitrogen and oxygen atoms in total. The Kier molecular flexibility index (Phi) is 4.20. The molecule has 2 aliphatic heterocycles. The van der Waals surface area contributed by atoms with E-state index < -0.39 is 12.1 Å². The van der Waals surface area contributed by atoms with Crippen LogP contribution in [0.1, 0.15) is 18.1 Å². The molecule has 1 saturated heterocycles. The number of fused-ring (bicyclic) bond motifs is 1. The van der Waals surface area contributed by atoms with Crippen LogP contribution in [0.5, 0.6) is 0 Å². The van der Waals surface area contributed by atoms with Gasteiger partial charge in [-0.3, -0.25) is 14.6 Å². The van der Waals surface area contributed by atoms with Gasteiger partial charge < -0.3 is 0 Å². The number of hydrogen-bond donors (Lipinski definition) is 0. The van der Waals surface area contributed by atoms with Gasteiger partial charge in [-0.2, -0.15) is 5.11 Å². The van der Waals surface area contributed by atoms with Gasteiger partial charge in [0.1, 0.15) is 0 Å². The monoisotopic (exact) mass is 368 g/mol. The van der Waals surface area contributed by atoms with E-state index in [9.17, 15) is 9.59 Å². The summed E-state index contributed by atoms with van der Waals surface area (Å²) in [6.45, 7) is 2.53. The summed E-state index contributed by atoms with van der Waals surface area (Å²) < 4.78 is 0. The molecule has 26 heavy (non-hydrogen) atoms. The number of benzene rings is 2. The average Bonchev–Trinajstić information content (AvgIpc) is 3.17. The highest BCUT2D eigenvalue weighted by Gasteiger charge is 2.54. The van der Waals surface area contributed by atoms with Crippen molar-refractivity contribution in [2.45, 2.75) is 32.0 Å². The molecule has 2 atom stereocenters. The van der Waals surface area contributed by atoms with E-state index >= 15 is 0 Å². The molecule has 1 fully saturated rings. The van der Waals surface area contributed by atoms with Gasteiger partial charge in [0, 0.05) is 5.02 Å². The van der Waals surface area contributed by atoms with Crippen LogP contribution >= 0.6 is 11.6 Å². The normalized spacial score (nSPS) is 21.6. The van der Waals surface area contributed by atoms with E-state index in [-0.39, 0.29) is 11.8 Å². The maximum absolute atomic E-state index is 12.9. The van der Waals surface area contributed by atoms with Crippen molar-refractivity contribution in [1.82, 2.24) is 5.01 Å². The van der Waals surface area contributed by atoms with E-state index in [1.807, 2.05) is 12.1 Å². The summed E-state index contributed by atoms with van der Waals surface area (Å²) in [4.78, 5) is 26.7. The van der Waals surface area contributed by atoms with Crippen molar-refractivity contribution in [1.29, 1.82) is 0 Å². The fourth-order valence-corrected chi connectivity index (χ4v) is 3.39. The molecule has 0 aromatic heterocycles. The third-order valence-electron chi connectivity index (χ3n) is 4.72. The Hall–Kier alpha value is -2.73. The van der Waals surface area contributed by atoms with Crippen molar-refractivity contribution >= 4 is 29.1 Å². The summed E-state index contributed by atoms with van der Waals surface area (Å²) in [5, 5.41) is 10.3. The molecule has 0 bridgehead atoms. The van der Waals surface area contributed by atoms with Gasteiger partial charge >= 0.3 is 0 Å². The molecule has 0 aliphatic carbocycles. The topological polar surface area (TPSA) is 65.3 Å². The van der Waals surface area contributed by atoms with Crippen molar-refractivity contribution in [3.63, 3.8) is 0 Å². The van der Waals surface area contributed by atoms with Crippen molar-refractivity contribution in [2.75, 3.05) is 4.90 Å². The SMILES string of the molecule is CCc1ccc(CN2N=N[C@@H]3C(=O)N(c4ccc(Cl)cc4)C(=O)[C@H]32)cc1. The molecule has 0 radical (unpaired) electrons. The standard InChI is InChI=1S/C19H17ClN4O2/c1-2-12-3-5-13(6-4-12)11-23-17-16(21-22-23)18(25)24(19(17)26)15-9-7-14(20)8-10-15/h3-10,16-17H,2,11H2,1H3/t16-,17-/m0/s1. The summed E-state index contributed by atoms with van der Waals surface area (Å²) in [5.41, 5.74) is 2.77. The van der Waals surface area contributed by atoms with E-state index in [0.717, 1.165) is 12.0 Å². The van der Waals surface area contributed by atoms with Gasteiger partial charge in [0.15, 0.2) is 12.1 Å². The first-order valence-electron chi connectivity index (χ1n) is 8.47. The summed E-state index contributed by atoms with van der Waals surface area (Å²) >= 11 is 5.89. The largest absolute Gasteiger partial charge is 0.271 e. The van der Waals surface area contributed by atoms with Crippen LogP contribution in [-0.4, -0.2) is 28.9 Å². The molecule has 2 aromatic carbocycles. The smallest absolute Gasteiger partial charge is 0.263 e. The van der Waals surface area contributed by atoms with Crippen LogP contribution in [0.3, 0.4) is 0 Å². The Labute approximate surface area is 156 Å². The number of halogens is 1. The Morgan fingerprint density at radius 2 is 1.62 bits per heavy atom. The molecule has 2 amide bonds. The lowest BCUT2D eigenvalue weighted by Crippen LogP contribution is -2.39. The summed E-state index contributed by atoms with van der Waals surface area (Å²) in [5.74, 6) is -0.660. The molecule has 2 aliphatic rings. The highest BCUT2D eigenvalue weighted by Crippen LogP contribution is 2.33. The third kappa shape index (κ3) is 2.76. The molecule has 7 heteroatoms. The van der Waals surface area contributed by atoms with Gasteiger partial charge in [-0.1, -0.05) is 48.0 Å².